The smallest absolute Gasteiger partial charge is 0.0955 e. The number of nitrogens with zero attached hydrogens (tertiary/aromatic N) is 1. The molecule has 15 heavy (non-hydrogen) atoms. The van der Waals surface area contributed by atoms with E-state index in [1.165, 1.54) is 0 Å². The van der Waals surface area contributed by atoms with Gasteiger partial charge in [0.25, 0.3) is 0 Å². The van der Waals surface area contributed by atoms with Crippen molar-refractivity contribution in [1.82, 2.24) is 0 Å². The van der Waals surface area contributed by atoms with Gasteiger partial charge in [0, 0.05) is 5.69 Å². The number of likely N-dealkylation sites (N-methyl/N-ethyl adjacent to an activating group) is 1. The van der Waals surface area contributed by atoms with E-state index in [0.29, 0.717) is 0 Å². The highest BCUT2D eigenvalue weighted by Crippen LogP contribution is 2.20. The zero-order valence-electron chi connectivity index (χ0n) is 9.75. The number of rotatable bonds is 4. The molecule has 4 heteroatoms. The lowest BCUT2D eigenvalue weighted by molar-refractivity contribution is -0.868. The Morgan fingerprint density at radius 1 is 1.20 bits per heavy atom. The summed E-state index contributed by atoms with van der Waals surface area (Å²) in [6, 6.07) is 5.49. The summed E-state index contributed by atoms with van der Waals surface area (Å²) in [5, 5.41) is 3.29. The molecule has 0 amide bonds. The third-order valence-electron chi connectivity index (χ3n) is 2.18. The van der Waals surface area contributed by atoms with Gasteiger partial charge in [0.2, 0.25) is 0 Å². The van der Waals surface area contributed by atoms with Crippen molar-refractivity contribution < 1.29 is 4.48 Å². The molecule has 5 N–H and O–H groups in total. The van der Waals surface area contributed by atoms with Crippen LogP contribution in [0.2, 0.25) is 0 Å². The lowest BCUT2D eigenvalue weighted by Gasteiger charge is -2.24. The first-order valence-corrected chi connectivity index (χ1v) is 5.08. The van der Waals surface area contributed by atoms with E-state index in [4.69, 9.17) is 11.5 Å². The van der Waals surface area contributed by atoms with E-state index in [1.807, 2.05) is 12.1 Å². The fourth-order valence-corrected chi connectivity index (χ4v) is 1.25. The second kappa shape index (κ2) is 4.40. The molecular weight excluding hydrogens is 188 g/mol. The quantitative estimate of drug-likeness (QED) is 0.511. The van der Waals surface area contributed by atoms with Crippen LogP contribution in [-0.2, 0) is 0 Å². The molecular formula is C11H21N4+. The molecule has 1 aromatic rings. The van der Waals surface area contributed by atoms with Crippen molar-refractivity contribution in [3.8, 4) is 0 Å². The summed E-state index contributed by atoms with van der Waals surface area (Å²) >= 11 is 0. The van der Waals surface area contributed by atoms with E-state index in [0.717, 1.165) is 34.6 Å². The first-order chi connectivity index (χ1) is 6.88. The van der Waals surface area contributed by atoms with Crippen molar-refractivity contribution >= 4 is 17.1 Å². The molecule has 0 spiro atoms. The highest BCUT2D eigenvalue weighted by atomic mass is 15.3. The maximum absolute atomic E-state index is 5.82. The molecule has 0 unspecified atom stereocenters. The number of benzene rings is 1. The number of hydrogen-bond acceptors (Lipinski definition) is 3. The predicted octanol–water partition coefficient (Wildman–Crippen LogP) is 0.969. The van der Waals surface area contributed by atoms with Crippen molar-refractivity contribution in [1.29, 1.82) is 0 Å². The SMILES string of the molecule is C[N+](C)(C)CCNc1cc(N)ccc1N. The van der Waals surface area contributed by atoms with Crippen LogP contribution in [0.15, 0.2) is 18.2 Å². The summed E-state index contributed by atoms with van der Waals surface area (Å²) in [7, 11) is 6.47. The molecule has 84 valence electrons. The molecule has 0 aliphatic heterocycles. The van der Waals surface area contributed by atoms with Gasteiger partial charge in [-0.1, -0.05) is 0 Å². The van der Waals surface area contributed by atoms with Crippen LogP contribution in [0.5, 0.6) is 0 Å². The molecule has 0 radical (unpaired) electrons. The van der Waals surface area contributed by atoms with E-state index in [1.54, 1.807) is 6.07 Å². The molecule has 0 saturated heterocycles. The zero-order valence-corrected chi connectivity index (χ0v) is 9.75. The fraction of sp³-hybridized carbons (Fsp3) is 0.455. The van der Waals surface area contributed by atoms with Crippen molar-refractivity contribution in [2.75, 3.05) is 51.0 Å². The van der Waals surface area contributed by atoms with Crippen LogP contribution < -0.4 is 16.8 Å². The molecule has 1 aromatic carbocycles. The molecule has 0 aromatic heterocycles. The predicted molar refractivity (Wildman–Crippen MR) is 66.7 cm³/mol. The van der Waals surface area contributed by atoms with Crippen LogP contribution in [-0.4, -0.2) is 38.7 Å². The molecule has 1 rings (SSSR count). The van der Waals surface area contributed by atoms with E-state index >= 15 is 0 Å². The molecule has 0 fully saturated rings. The summed E-state index contributed by atoms with van der Waals surface area (Å²) in [5.41, 5.74) is 13.9. The standard InChI is InChI=1S/C11H21N4/c1-15(2,3)7-6-14-11-8-9(12)4-5-10(11)13/h4-5,8,14H,6-7,12-13H2,1-3H3/q+1. The maximum atomic E-state index is 5.82. The summed E-state index contributed by atoms with van der Waals surface area (Å²) < 4.78 is 0.926. The maximum Gasteiger partial charge on any atom is 0.0955 e. The van der Waals surface area contributed by atoms with Gasteiger partial charge in [0.15, 0.2) is 0 Å². The minimum atomic E-state index is 0.733. The van der Waals surface area contributed by atoms with E-state index < -0.39 is 0 Å². The van der Waals surface area contributed by atoms with Crippen molar-refractivity contribution in [3.63, 3.8) is 0 Å². The van der Waals surface area contributed by atoms with Crippen molar-refractivity contribution in [2.24, 2.45) is 0 Å². The monoisotopic (exact) mass is 209 g/mol. The van der Waals surface area contributed by atoms with E-state index in [2.05, 4.69) is 26.5 Å². The Labute approximate surface area is 91.5 Å². The topological polar surface area (TPSA) is 64.1 Å². The number of anilines is 3. The Kier molecular flexibility index (Phi) is 3.42. The van der Waals surface area contributed by atoms with E-state index in [9.17, 15) is 0 Å². The van der Waals surface area contributed by atoms with Crippen molar-refractivity contribution in [3.05, 3.63) is 18.2 Å². The Morgan fingerprint density at radius 3 is 2.47 bits per heavy atom. The van der Waals surface area contributed by atoms with Gasteiger partial charge in [-0.25, -0.2) is 0 Å². The van der Waals surface area contributed by atoms with Crippen LogP contribution in [0.3, 0.4) is 0 Å². The number of quaternary nitrogens is 1. The van der Waals surface area contributed by atoms with Crippen LogP contribution in [0, 0.1) is 0 Å². The highest BCUT2D eigenvalue weighted by molar-refractivity contribution is 5.70. The highest BCUT2D eigenvalue weighted by Gasteiger charge is 2.06. The van der Waals surface area contributed by atoms with Gasteiger partial charge >= 0.3 is 0 Å². The first kappa shape index (κ1) is 11.7. The molecule has 0 aliphatic carbocycles. The summed E-state index contributed by atoms with van der Waals surface area (Å²) in [6.45, 7) is 1.92. The van der Waals surface area contributed by atoms with Gasteiger partial charge in [0.05, 0.1) is 45.6 Å². The van der Waals surface area contributed by atoms with Gasteiger partial charge in [-0.2, -0.15) is 0 Å². The normalized spacial score (nSPS) is 11.4. The number of nitrogens with one attached hydrogen (secondary N) is 1. The van der Waals surface area contributed by atoms with Crippen LogP contribution in [0.25, 0.3) is 0 Å². The average Bonchev–Trinajstić information content (AvgIpc) is 2.09. The van der Waals surface area contributed by atoms with Gasteiger partial charge in [-0.05, 0) is 18.2 Å². The first-order valence-electron chi connectivity index (χ1n) is 5.08. The van der Waals surface area contributed by atoms with Crippen LogP contribution in [0.1, 0.15) is 0 Å². The number of nitrogen functional groups attached to an aromatic ring is 2. The second-order valence-corrected chi connectivity index (χ2v) is 4.79. The Morgan fingerprint density at radius 2 is 1.87 bits per heavy atom. The molecule has 0 heterocycles. The van der Waals surface area contributed by atoms with E-state index in [-0.39, 0.29) is 0 Å². The number of hydrogen-bond donors (Lipinski definition) is 3. The molecule has 4 nitrogen and oxygen atoms in total. The summed E-state index contributed by atoms with van der Waals surface area (Å²) in [5.74, 6) is 0. The third-order valence-corrected chi connectivity index (χ3v) is 2.18. The second-order valence-electron chi connectivity index (χ2n) is 4.79. The Hall–Kier alpha value is -1.42. The molecule has 0 atom stereocenters. The van der Waals surface area contributed by atoms with Crippen LogP contribution in [0.4, 0.5) is 17.1 Å². The molecule has 0 saturated carbocycles. The molecule has 0 aliphatic rings. The lowest BCUT2D eigenvalue weighted by Crippen LogP contribution is -2.38. The Balaban J connectivity index is 2.54. The fourth-order valence-electron chi connectivity index (χ4n) is 1.25. The van der Waals surface area contributed by atoms with Crippen LogP contribution >= 0.6 is 0 Å². The minimum absolute atomic E-state index is 0.733. The van der Waals surface area contributed by atoms with Crippen molar-refractivity contribution in [2.45, 2.75) is 0 Å². The van der Waals surface area contributed by atoms with Gasteiger partial charge in [-0.15, -0.1) is 0 Å². The third kappa shape index (κ3) is 4.08. The number of nitrogens with two attached hydrogens (primary N) is 2. The average molecular weight is 209 g/mol. The zero-order chi connectivity index (χ0) is 11.5. The largest absolute Gasteiger partial charge is 0.399 e. The molecule has 0 bridgehead atoms. The van der Waals surface area contributed by atoms with Gasteiger partial charge < -0.3 is 21.3 Å². The minimum Gasteiger partial charge on any atom is -0.399 e. The summed E-state index contributed by atoms with van der Waals surface area (Å²) in [4.78, 5) is 0. The Bertz CT molecular complexity index is 328. The summed E-state index contributed by atoms with van der Waals surface area (Å²) in [6.07, 6.45) is 0. The van der Waals surface area contributed by atoms with Gasteiger partial charge in [-0.3, -0.25) is 0 Å². The van der Waals surface area contributed by atoms with Gasteiger partial charge in [0.1, 0.15) is 0 Å². The lowest BCUT2D eigenvalue weighted by atomic mass is 10.2.